The van der Waals surface area contributed by atoms with Crippen LogP contribution in [-0.4, -0.2) is 17.8 Å². The first-order valence-corrected chi connectivity index (χ1v) is 8.22. The minimum atomic E-state index is -1.01. The lowest BCUT2D eigenvalue weighted by atomic mass is 9.70. The third kappa shape index (κ3) is 3.28. The highest BCUT2D eigenvalue weighted by Crippen LogP contribution is 2.36. The van der Waals surface area contributed by atoms with E-state index in [0.29, 0.717) is 12.1 Å². The predicted octanol–water partition coefficient (Wildman–Crippen LogP) is 3.06. The van der Waals surface area contributed by atoms with Crippen LogP contribution in [0.1, 0.15) is 45.6 Å². The molecule has 1 aromatic rings. The highest BCUT2D eigenvalue weighted by molar-refractivity contribution is 6.20. The fraction of sp³-hybridized carbons (Fsp3) is 0.500. The number of aliphatic imine (C=N–C) groups is 1. The standard InChI is InChI=1S/C18H25N3O2/c1-5-8-13(4)18(6-2)15(22)20-17(21-16(18)23)19-14-10-7-9-12(3)11-14/h7,9-11,13H,5-6,8H2,1-4H3,(H2,19,20,21,22,23). The number of guanidine groups is 1. The molecule has 0 bridgehead atoms. The minimum Gasteiger partial charge on any atom is -0.295 e. The average Bonchev–Trinajstić information content (AvgIpc) is 2.48. The van der Waals surface area contributed by atoms with Crippen molar-refractivity contribution < 1.29 is 9.59 Å². The van der Waals surface area contributed by atoms with E-state index in [1.807, 2.05) is 45.0 Å². The summed E-state index contributed by atoms with van der Waals surface area (Å²) in [5.74, 6) is -0.316. The molecule has 1 aromatic carbocycles. The van der Waals surface area contributed by atoms with E-state index in [0.717, 1.165) is 18.4 Å². The van der Waals surface area contributed by atoms with Gasteiger partial charge in [0, 0.05) is 0 Å². The summed E-state index contributed by atoms with van der Waals surface area (Å²) in [5.41, 5.74) is 0.757. The van der Waals surface area contributed by atoms with Crippen molar-refractivity contribution in [3.63, 3.8) is 0 Å². The van der Waals surface area contributed by atoms with Crippen molar-refractivity contribution in [3.8, 4) is 0 Å². The molecular weight excluding hydrogens is 290 g/mol. The predicted molar refractivity (Wildman–Crippen MR) is 91.4 cm³/mol. The number of nitrogens with zero attached hydrogens (tertiary/aromatic N) is 1. The van der Waals surface area contributed by atoms with Gasteiger partial charge in [-0.2, -0.15) is 0 Å². The summed E-state index contributed by atoms with van der Waals surface area (Å²) >= 11 is 0. The normalized spacial score (nSPS) is 22.3. The molecule has 0 saturated carbocycles. The van der Waals surface area contributed by atoms with E-state index in [9.17, 15) is 9.59 Å². The number of rotatable bonds is 5. The topological polar surface area (TPSA) is 70.6 Å². The highest BCUT2D eigenvalue weighted by atomic mass is 16.2. The van der Waals surface area contributed by atoms with Gasteiger partial charge in [0.2, 0.25) is 17.8 Å². The Labute approximate surface area is 137 Å². The van der Waals surface area contributed by atoms with Crippen molar-refractivity contribution in [2.45, 2.75) is 47.0 Å². The fourth-order valence-electron chi connectivity index (χ4n) is 3.25. The number of hydrogen-bond acceptors (Lipinski definition) is 3. The number of amides is 2. The molecule has 1 aliphatic heterocycles. The highest BCUT2D eigenvalue weighted by Gasteiger charge is 2.51. The SMILES string of the molecule is CCCC(C)C1(CC)C(=O)NC(=Nc2cccc(C)c2)NC1=O. The maximum Gasteiger partial charge on any atom is 0.242 e. The van der Waals surface area contributed by atoms with Crippen LogP contribution < -0.4 is 10.6 Å². The zero-order chi connectivity index (χ0) is 17.0. The summed E-state index contributed by atoms with van der Waals surface area (Å²) in [5, 5.41) is 5.55. The summed E-state index contributed by atoms with van der Waals surface area (Å²) in [7, 11) is 0. The molecule has 1 unspecified atom stereocenters. The number of hydrogen-bond donors (Lipinski definition) is 2. The van der Waals surface area contributed by atoms with Gasteiger partial charge in [-0.3, -0.25) is 20.2 Å². The van der Waals surface area contributed by atoms with Gasteiger partial charge < -0.3 is 0 Å². The molecule has 0 aromatic heterocycles. The Morgan fingerprint density at radius 1 is 1.17 bits per heavy atom. The van der Waals surface area contributed by atoms with Crippen molar-refractivity contribution in [1.82, 2.24) is 10.6 Å². The molecule has 23 heavy (non-hydrogen) atoms. The first-order valence-electron chi connectivity index (χ1n) is 8.22. The van der Waals surface area contributed by atoms with Gasteiger partial charge in [-0.25, -0.2) is 4.99 Å². The quantitative estimate of drug-likeness (QED) is 0.820. The Balaban J connectivity index is 2.28. The lowest BCUT2D eigenvalue weighted by molar-refractivity contribution is -0.147. The lowest BCUT2D eigenvalue weighted by Gasteiger charge is -2.38. The van der Waals surface area contributed by atoms with Crippen LogP contribution in [0.4, 0.5) is 5.69 Å². The Bertz CT molecular complexity index is 617. The Morgan fingerprint density at radius 2 is 1.83 bits per heavy atom. The average molecular weight is 315 g/mol. The van der Waals surface area contributed by atoms with Gasteiger partial charge >= 0.3 is 0 Å². The molecule has 1 atom stereocenters. The van der Waals surface area contributed by atoms with Crippen molar-refractivity contribution >= 4 is 23.5 Å². The number of carbonyl (C=O) groups excluding carboxylic acids is 2. The van der Waals surface area contributed by atoms with Gasteiger partial charge in [0.15, 0.2) is 0 Å². The third-order valence-electron chi connectivity index (χ3n) is 4.64. The molecule has 5 heteroatoms. The Kier molecular flexibility index (Phi) is 5.19. The monoisotopic (exact) mass is 315 g/mol. The molecule has 2 amide bonds. The van der Waals surface area contributed by atoms with Crippen molar-refractivity contribution in [3.05, 3.63) is 29.8 Å². The van der Waals surface area contributed by atoms with E-state index in [1.54, 1.807) is 0 Å². The summed E-state index contributed by atoms with van der Waals surface area (Å²) in [4.78, 5) is 29.7. The Hall–Kier alpha value is -2.17. The van der Waals surface area contributed by atoms with Crippen molar-refractivity contribution in [1.29, 1.82) is 0 Å². The maximum absolute atomic E-state index is 12.7. The van der Waals surface area contributed by atoms with Gasteiger partial charge in [0.1, 0.15) is 5.41 Å². The molecule has 0 aliphatic carbocycles. The van der Waals surface area contributed by atoms with Crippen LogP contribution in [0, 0.1) is 18.3 Å². The summed E-state index contributed by atoms with van der Waals surface area (Å²) in [6.07, 6.45) is 2.25. The molecule has 124 valence electrons. The second-order valence-electron chi connectivity index (χ2n) is 6.22. The second-order valence-corrected chi connectivity index (χ2v) is 6.22. The number of nitrogens with one attached hydrogen (secondary N) is 2. The lowest BCUT2D eigenvalue weighted by Crippen LogP contribution is -2.64. The molecule has 0 radical (unpaired) electrons. The molecule has 1 saturated heterocycles. The summed E-state index contributed by atoms with van der Waals surface area (Å²) < 4.78 is 0. The summed E-state index contributed by atoms with van der Waals surface area (Å²) in [6.45, 7) is 7.88. The van der Waals surface area contributed by atoms with Crippen LogP contribution in [0.2, 0.25) is 0 Å². The largest absolute Gasteiger partial charge is 0.295 e. The van der Waals surface area contributed by atoms with E-state index in [1.165, 1.54) is 0 Å². The zero-order valence-corrected chi connectivity index (χ0v) is 14.3. The minimum absolute atomic E-state index is 0.0157. The molecular formula is C18H25N3O2. The van der Waals surface area contributed by atoms with Gasteiger partial charge in [-0.15, -0.1) is 0 Å². The van der Waals surface area contributed by atoms with Gasteiger partial charge in [0.25, 0.3) is 0 Å². The van der Waals surface area contributed by atoms with Gasteiger partial charge in [-0.05, 0) is 43.4 Å². The first-order chi connectivity index (χ1) is 10.9. The van der Waals surface area contributed by atoms with E-state index >= 15 is 0 Å². The van der Waals surface area contributed by atoms with Gasteiger partial charge in [-0.1, -0.05) is 39.3 Å². The molecule has 1 heterocycles. The molecule has 2 rings (SSSR count). The van der Waals surface area contributed by atoms with Crippen LogP contribution in [0.15, 0.2) is 29.3 Å². The maximum atomic E-state index is 12.7. The van der Waals surface area contributed by atoms with Gasteiger partial charge in [0.05, 0.1) is 5.69 Å². The first kappa shape index (κ1) is 17.2. The molecule has 1 fully saturated rings. The van der Waals surface area contributed by atoms with Crippen LogP contribution in [0.3, 0.4) is 0 Å². The molecule has 0 spiro atoms. The smallest absolute Gasteiger partial charge is 0.242 e. The second kappa shape index (κ2) is 6.94. The fourth-order valence-corrected chi connectivity index (χ4v) is 3.25. The van der Waals surface area contributed by atoms with Crippen LogP contribution >= 0.6 is 0 Å². The third-order valence-corrected chi connectivity index (χ3v) is 4.64. The zero-order valence-electron chi connectivity index (χ0n) is 14.3. The van der Waals surface area contributed by atoms with Crippen LogP contribution in [-0.2, 0) is 9.59 Å². The van der Waals surface area contributed by atoms with Crippen molar-refractivity contribution in [2.24, 2.45) is 16.3 Å². The van der Waals surface area contributed by atoms with E-state index in [-0.39, 0.29) is 23.7 Å². The summed E-state index contributed by atoms with van der Waals surface area (Å²) in [6, 6.07) is 7.59. The van der Waals surface area contributed by atoms with Crippen LogP contribution in [0.5, 0.6) is 0 Å². The van der Waals surface area contributed by atoms with Crippen LogP contribution in [0.25, 0.3) is 0 Å². The molecule has 2 N–H and O–H groups in total. The molecule has 5 nitrogen and oxygen atoms in total. The van der Waals surface area contributed by atoms with E-state index < -0.39 is 5.41 Å². The van der Waals surface area contributed by atoms with E-state index in [4.69, 9.17) is 0 Å². The Morgan fingerprint density at radius 3 is 2.35 bits per heavy atom. The molecule has 1 aliphatic rings. The number of carbonyl (C=O) groups is 2. The van der Waals surface area contributed by atoms with E-state index in [2.05, 4.69) is 22.5 Å². The number of benzene rings is 1. The van der Waals surface area contributed by atoms with Crippen molar-refractivity contribution in [2.75, 3.05) is 0 Å². The number of aryl methyl sites for hydroxylation is 1.